The quantitative estimate of drug-likeness (QED) is 0.389. The van der Waals surface area contributed by atoms with E-state index in [9.17, 15) is 12.8 Å². The highest BCUT2D eigenvalue weighted by atomic mass is 32.2. The van der Waals surface area contributed by atoms with Crippen LogP contribution in [0.3, 0.4) is 0 Å². The van der Waals surface area contributed by atoms with Gasteiger partial charge in [-0.3, -0.25) is 0 Å². The van der Waals surface area contributed by atoms with Crippen LogP contribution in [-0.2, 0) is 16.4 Å². The number of pyridine rings is 1. The molecule has 1 aliphatic heterocycles. The average Bonchev–Trinajstić information content (AvgIpc) is 3.27. The maximum atomic E-state index is 14.9. The first-order valence-electron chi connectivity index (χ1n) is 11.8. The average molecular weight is 523 g/mol. The summed E-state index contributed by atoms with van der Waals surface area (Å²) < 4.78 is 39.5. The Kier molecular flexibility index (Phi) is 6.36. The van der Waals surface area contributed by atoms with Crippen molar-refractivity contribution in [3.05, 3.63) is 65.2 Å². The number of nitrogen functional groups attached to an aromatic ring is 1. The second-order valence-electron chi connectivity index (χ2n) is 9.49. The predicted octanol–water partition coefficient (Wildman–Crippen LogP) is 2.66. The predicted molar refractivity (Wildman–Crippen MR) is 139 cm³/mol. The summed E-state index contributed by atoms with van der Waals surface area (Å²) in [5.41, 5.74) is 9.67. The molecule has 12 heteroatoms. The molecule has 192 valence electrons. The normalized spacial score (nSPS) is 14.1. The molecule has 4 heterocycles. The highest BCUT2D eigenvalue weighted by Crippen LogP contribution is 2.29. The van der Waals surface area contributed by atoms with Gasteiger partial charge in [0, 0.05) is 30.8 Å². The molecule has 10 nitrogen and oxygen atoms in total. The van der Waals surface area contributed by atoms with Gasteiger partial charge in [0.25, 0.3) is 0 Å². The van der Waals surface area contributed by atoms with E-state index in [2.05, 4.69) is 25.3 Å². The van der Waals surface area contributed by atoms with E-state index in [1.54, 1.807) is 10.9 Å². The number of hydrogen-bond acceptors (Lipinski definition) is 9. The minimum atomic E-state index is -3.00. The molecular weight excluding hydrogens is 495 g/mol. The Morgan fingerprint density at radius 3 is 2.59 bits per heavy atom. The Morgan fingerprint density at radius 2 is 1.84 bits per heavy atom. The van der Waals surface area contributed by atoms with Crippen molar-refractivity contribution in [2.75, 3.05) is 35.7 Å². The lowest BCUT2D eigenvalue weighted by Gasteiger charge is -2.39. The molecule has 5 rings (SSSR count). The van der Waals surface area contributed by atoms with Gasteiger partial charge in [0.05, 0.1) is 24.2 Å². The van der Waals surface area contributed by atoms with Crippen LogP contribution in [0.5, 0.6) is 0 Å². The molecule has 0 unspecified atom stereocenters. The van der Waals surface area contributed by atoms with E-state index in [0.29, 0.717) is 25.5 Å². The van der Waals surface area contributed by atoms with Crippen LogP contribution in [0.15, 0.2) is 42.6 Å². The summed E-state index contributed by atoms with van der Waals surface area (Å²) in [6.45, 7) is 5.55. The molecule has 1 aliphatic rings. The van der Waals surface area contributed by atoms with E-state index in [1.165, 1.54) is 6.26 Å². The molecular formula is C25H27FN8O2S. The summed E-state index contributed by atoms with van der Waals surface area (Å²) in [5.74, 6) is 0.386. The SMILES string of the molecule is Cc1cccc(-c2nc(N)c(F)c(-c3cn(Cc4cccc(N5CC(CS(C)(=O)=O)C5)n4)nn3)n2)c1C. The fraction of sp³-hybridized carbons (Fsp3) is 0.320. The molecule has 1 saturated heterocycles. The molecule has 0 spiro atoms. The number of rotatable bonds is 7. The van der Waals surface area contributed by atoms with E-state index in [1.807, 2.05) is 55.1 Å². The van der Waals surface area contributed by atoms with E-state index in [0.717, 1.165) is 28.2 Å². The topological polar surface area (TPSA) is 133 Å². The van der Waals surface area contributed by atoms with E-state index < -0.39 is 15.7 Å². The van der Waals surface area contributed by atoms with Crippen LogP contribution in [0, 0.1) is 25.6 Å². The first-order valence-corrected chi connectivity index (χ1v) is 13.8. The largest absolute Gasteiger partial charge is 0.381 e. The lowest BCUT2D eigenvalue weighted by molar-refractivity contribution is 0.440. The summed E-state index contributed by atoms with van der Waals surface area (Å²) in [6.07, 6.45) is 2.85. The molecule has 0 saturated carbocycles. The molecule has 1 fully saturated rings. The van der Waals surface area contributed by atoms with Crippen molar-refractivity contribution in [2.45, 2.75) is 20.4 Å². The van der Waals surface area contributed by atoms with E-state index in [4.69, 9.17) is 5.73 Å². The van der Waals surface area contributed by atoms with Gasteiger partial charge in [0.15, 0.2) is 17.5 Å². The zero-order chi connectivity index (χ0) is 26.3. The standard InChI is InChI=1S/C25H27FN8O2S/c1-15-6-4-8-19(16(15)2)25-29-23(22(26)24(27)30-25)20-13-34(32-31-20)12-18-7-5-9-21(28-18)33-10-17(11-33)14-37(3,35)36/h4-9,13,17H,10-12,14H2,1-3H3,(H2,27,29,30). The number of nitrogens with zero attached hydrogens (tertiary/aromatic N) is 7. The van der Waals surface area contributed by atoms with Gasteiger partial charge < -0.3 is 10.6 Å². The zero-order valence-corrected chi connectivity index (χ0v) is 21.6. The molecule has 0 amide bonds. The molecule has 2 N–H and O–H groups in total. The van der Waals surface area contributed by atoms with Gasteiger partial charge in [-0.05, 0) is 37.1 Å². The van der Waals surface area contributed by atoms with Crippen molar-refractivity contribution >= 4 is 21.5 Å². The Morgan fingerprint density at radius 1 is 1.08 bits per heavy atom. The van der Waals surface area contributed by atoms with Gasteiger partial charge in [-0.15, -0.1) is 5.10 Å². The van der Waals surface area contributed by atoms with Crippen molar-refractivity contribution < 1.29 is 12.8 Å². The van der Waals surface area contributed by atoms with Gasteiger partial charge in [-0.2, -0.15) is 0 Å². The lowest BCUT2D eigenvalue weighted by Crippen LogP contribution is -2.50. The van der Waals surface area contributed by atoms with Gasteiger partial charge in [0.1, 0.15) is 27.0 Å². The third kappa shape index (κ3) is 5.29. The fourth-order valence-electron chi connectivity index (χ4n) is 4.42. The number of anilines is 2. The van der Waals surface area contributed by atoms with Gasteiger partial charge >= 0.3 is 0 Å². The summed E-state index contributed by atoms with van der Waals surface area (Å²) in [5, 5.41) is 8.25. The van der Waals surface area contributed by atoms with E-state index >= 15 is 0 Å². The van der Waals surface area contributed by atoms with Crippen molar-refractivity contribution in [3.63, 3.8) is 0 Å². The number of hydrogen-bond donors (Lipinski definition) is 1. The van der Waals surface area contributed by atoms with Crippen molar-refractivity contribution in [1.29, 1.82) is 0 Å². The molecule has 1 aromatic carbocycles. The van der Waals surface area contributed by atoms with Crippen molar-refractivity contribution in [2.24, 2.45) is 5.92 Å². The van der Waals surface area contributed by atoms with Crippen LogP contribution in [-0.4, -0.2) is 63.5 Å². The van der Waals surface area contributed by atoms with Gasteiger partial charge in [-0.1, -0.05) is 29.5 Å². The maximum Gasteiger partial charge on any atom is 0.193 e. The molecule has 0 atom stereocenters. The number of benzene rings is 1. The summed E-state index contributed by atoms with van der Waals surface area (Å²) in [6, 6.07) is 11.4. The van der Waals surface area contributed by atoms with Crippen LogP contribution < -0.4 is 10.6 Å². The second kappa shape index (κ2) is 9.51. The number of nitrogens with two attached hydrogens (primary N) is 1. The Bertz CT molecular complexity index is 1580. The summed E-state index contributed by atoms with van der Waals surface area (Å²) in [7, 11) is -3.00. The minimum absolute atomic E-state index is 0.0196. The Hall–Kier alpha value is -3.93. The highest BCUT2D eigenvalue weighted by molar-refractivity contribution is 7.90. The van der Waals surface area contributed by atoms with E-state index in [-0.39, 0.29) is 28.9 Å². The number of aromatic nitrogens is 6. The molecule has 0 aliphatic carbocycles. The van der Waals surface area contributed by atoms with Crippen LogP contribution in [0.25, 0.3) is 22.8 Å². The number of aryl methyl sites for hydroxylation is 1. The Balaban J connectivity index is 1.35. The van der Waals surface area contributed by atoms with Crippen molar-refractivity contribution in [3.8, 4) is 22.8 Å². The second-order valence-corrected chi connectivity index (χ2v) is 11.7. The zero-order valence-electron chi connectivity index (χ0n) is 20.8. The molecule has 3 aromatic heterocycles. The highest BCUT2D eigenvalue weighted by Gasteiger charge is 2.30. The van der Waals surface area contributed by atoms with Gasteiger partial charge in [0.2, 0.25) is 0 Å². The van der Waals surface area contributed by atoms with Gasteiger partial charge in [-0.25, -0.2) is 32.4 Å². The van der Waals surface area contributed by atoms with Crippen LogP contribution >= 0.6 is 0 Å². The summed E-state index contributed by atoms with van der Waals surface area (Å²) >= 11 is 0. The molecule has 37 heavy (non-hydrogen) atoms. The maximum absolute atomic E-state index is 14.9. The lowest BCUT2D eigenvalue weighted by atomic mass is 10.0. The smallest absolute Gasteiger partial charge is 0.193 e. The molecule has 4 aromatic rings. The number of sulfone groups is 1. The fourth-order valence-corrected chi connectivity index (χ4v) is 5.49. The molecule has 0 radical (unpaired) electrons. The van der Waals surface area contributed by atoms with Crippen LogP contribution in [0.4, 0.5) is 16.0 Å². The summed E-state index contributed by atoms with van der Waals surface area (Å²) in [4.78, 5) is 15.3. The third-order valence-corrected chi connectivity index (χ3v) is 7.52. The van der Waals surface area contributed by atoms with Crippen molar-refractivity contribution in [1.82, 2.24) is 29.9 Å². The first-order chi connectivity index (χ1) is 17.6. The number of halogens is 1. The van der Waals surface area contributed by atoms with Crippen LogP contribution in [0.1, 0.15) is 16.8 Å². The monoisotopic (exact) mass is 522 g/mol. The first kappa shape index (κ1) is 24.8. The molecule has 0 bridgehead atoms. The minimum Gasteiger partial charge on any atom is -0.381 e. The van der Waals surface area contributed by atoms with Crippen LogP contribution in [0.2, 0.25) is 0 Å². The third-order valence-electron chi connectivity index (χ3n) is 6.44. The Labute approximate surface area is 214 Å².